The fourth-order valence-electron chi connectivity index (χ4n) is 3.38. The Labute approximate surface area is 164 Å². The van der Waals surface area contributed by atoms with Crippen molar-refractivity contribution in [2.45, 2.75) is 25.4 Å². The Morgan fingerprint density at radius 3 is 2.50 bits per heavy atom. The molecule has 1 aliphatic rings. The molecule has 4 rings (SSSR count). The van der Waals surface area contributed by atoms with Gasteiger partial charge >= 0.3 is 0 Å². The first-order valence-electron chi connectivity index (χ1n) is 9.53. The second-order valence-electron chi connectivity index (χ2n) is 6.74. The zero-order valence-corrected chi connectivity index (χ0v) is 15.6. The van der Waals surface area contributed by atoms with E-state index in [-0.39, 0.29) is 11.9 Å². The molecule has 28 heavy (non-hydrogen) atoms. The number of nitrogens with one attached hydrogen (secondary N) is 1. The SMILES string of the molecule is O=C(NCCCn1cccn1)C1=NN(c2ccccc2)C(c2ccccc2)C1. The summed E-state index contributed by atoms with van der Waals surface area (Å²) in [6.45, 7) is 1.38. The number of benzene rings is 2. The van der Waals surface area contributed by atoms with Gasteiger partial charge in [-0.3, -0.25) is 14.5 Å². The fraction of sp³-hybridized carbons (Fsp3) is 0.227. The van der Waals surface area contributed by atoms with Gasteiger partial charge < -0.3 is 5.32 Å². The Bertz CT molecular complexity index is 922. The highest BCUT2D eigenvalue weighted by Gasteiger charge is 2.32. The molecule has 0 radical (unpaired) electrons. The molecule has 142 valence electrons. The van der Waals surface area contributed by atoms with E-state index in [1.165, 1.54) is 0 Å². The van der Waals surface area contributed by atoms with Gasteiger partial charge in [-0.15, -0.1) is 0 Å². The molecule has 6 nitrogen and oxygen atoms in total. The summed E-state index contributed by atoms with van der Waals surface area (Å²) >= 11 is 0. The fourth-order valence-corrected chi connectivity index (χ4v) is 3.38. The molecular weight excluding hydrogens is 350 g/mol. The summed E-state index contributed by atoms with van der Waals surface area (Å²) in [5.74, 6) is -0.0974. The van der Waals surface area contributed by atoms with Crippen LogP contribution >= 0.6 is 0 Å². The minimum Gasteiger partial charge on any atom is -0.351 e. The molecule has 1 amide bonds. The van der Waals surface area contributed by atoms with E-state index in [1.807, 2.05) is 70.5 Å². The van der Waals surface area contributed by atoms with Gasteiger partial charge in [0.15, 0.2) is 0 Å². The molecule has 1 N–H and O–H groups in total. The van der Waals surface area contributed by atoms with Gasteiger partial charge in [-0.05, 0) is 30.2 Å². The molecule has 0 fully saturated rings. The predicted octanol–water partition coefficient (Wildman–Crippen LogP) is 3.40. The Hall–Kier alpha value is -3.41. The summed E-state index contributed by atoms with van der Waals surface area (Å²) in [5.41, 5.74) is 2.70. The van der Waals surface area contributed by atoms with E-state index in [1.54, 1.807) is 6.20 Å². The zero-order valence-electron chi connectivity index (χ0n) is 15.6. The lowest BCUT2D eigenvalue weighted by atomic mass is 10.0. The van der Waals surface area contributed by atoms with Crippen LogP contribution in [-0.2, 0) is 11.3 Å². The highest BCUT2D eigenvalue weighted by molar-refractivity contribution is 6.39. The smallest absolute Gasteiger partial charge is 0.267 e. The lowest BCUT2D eigenvalue weighted by Crippen LogP contribution is -2.31. The Kier molecular flexibility index (Phi) is 5.47. The molecule has 1 aliphatic heterocycles. The molecule has 0 aliphatic carbocycles. The minimum atomic E-state index is -0.0974. The average molecular weight is 373 g/mol. The first-order valence-corrected chi connectivity index (χ1v) is 9.53. The van der Waals surface area contributed by atoms with Crippen LogP contribution in [0, 0.1) is 0 Å². The van der Waals surface area contributed by atoms with Crippen LogP contribution in [0.15, 0.2) is 84.2 Å². The molecular formula is C22H23N5O. The summed E-state index contributed by atoms with van der Waals surface area (Å²) in [7, 11) is 0. The van der Waals surface area contributed by atoms with Crippen molar-refractivity contribution in [2.24, 2.45) is 5.10 Å². The van der Waals surface area contributed by atoms with Gasteiger partial charge in [0.25, 0.3) is 5.91 Å². The first-order chi connectivity index (χ1) is 13.8. The van der Waals surface area contributed by atoms with Crippen molar-refractivity contribution in [3.8, 4) is 0 Å². The number of hydrazone groups is 1. The largest absolute Gasteiger partial charge is 0.351 e. The number of aromatic nitrogens is 2. The van der Waals surface area contributed by atoms with E-state index in [2.05, 4.69) is 27.6 Å². The van der Waals surface area contributed by atoms with Gasteiger partial charge in [0.1, 0.15) is 5.71 Å². The predicted molar refractivity (Wildman–Crippen MR) is 110 cm³/mol. The van der Waals surface area contributed by atoms with E-state index in [9.17, 15) is 4.79 Å². The number of hydrogen-bond acceptors (Lipinski definition) is 4. The number of nitrogens with zero attached hydrogens (tertiary/aromatic N) is 4. The van der Waals surface area contributed by atoms with E-state index in [0.717, 1.165) is 24.2 Å². The maximum atomic E-state index is 12.7. The van der Waals surface area contributed by atoms with Crippen molar-refractivity contribution in [3.63, 3.8) is 0 Å². The Morgan fingerprint density at radius 2 is 1.79 bits per heavy atom. The van der Waals surface area contributed by atoms with Gasteiger partial charge in [0.05, 0.1) is 11.7 Å². The number of hydrogen-bond donors (Lipinski definition) is 1. The van der Waals surface area contributed by atoms with E-state index in [4.69, 9.17) is 0 Å². The maximum Gasteiger partial charge on any atom is 0.267 e. The van der Waals surface area contributed by atoms with E-state index >= 15 is 0 Å². The van der Waals surface area contributed by atoms with Crippen molar-refractivity contribution in [2.75, 3.05) is 11.6 Å². The maximum absolute atomic E-state index is 12.7. The Morgan fingerprint density at radius 1 is 1.04 bits per heavy atom. The lowest BCUT2D eigenvalue weighted by molar-refractivity contribution is -0.114. The van der Waals surface area contributed by atoms with Gasteiger partial charge in [-0.1, -0.05) is 48.5 Å². The summed E-state index contributed by atoms with van der Waals surface area (Å²) in [4.78, 5) is 12.7. The molecule has 2 aromatic carbocycles. The van der Waals surface area contributed by atoms with Gasteiger partial charge in [-0.25, -0.2) is 0 Å². The van der Waals surface area contributed by atoms with Gasteiger partial charge in [-0.2, -0.15) is 10.2 Å². The molecule has 0 saturated heterocycles. The number of para-hydroxylation sites is 1. The van der Waals surface area contributed by atoms with Crippen LogP contribution in [0.25, 0.3) is 0 Å². The molecule has 3 aromatic rings. The number of amides is 1. The standard InChI is InChI=1S/C22H23N5O/c28-22(23-13-7-15-26-16-8-14-24-26)20-17-21(18-9-3-1-4-10-18)27(25-20)19-11-5-2-6-12-19/h1-6,8-12,14,16,21H,7,13,15,17H2,(H,23,28). The van der Waals surface area contributed by atoms with Crippen molar-refractivity contribution in [1.82, 2.24) is 15.1 Å². The lowest BCUT2D eigenvalue weighted by Gasteiger charge is -2.23. The molecule has 0 saturated carbocycles. The van der Waals surface area contributed by atoms with Crippen molar-refractivity contribution < 1.29 is 4.79 Å². The normalized spacial score (nSPS) is 16.1. The van der Waals surface area contributed by atoms with Crippen LogP contribution in [0.3, 0.4) is 0 Å². The molecule has 1 atom stereocenters. The number of carbonyl (C=O) groups excluding carboxylic acids is 1. The van der Waals surface area contributed by atoms with Crippen molar-refractivity contribution in [1.29, 1.82) is 0 Å². The van der Waals surface area contributed by atoms with Crippen molar-refractivity contribution >= 4 is 17.3 Å². The third-order valence-electron chi connectivity index (χ3n) is 4.79. The highest BCUT2D eigenvalue weighted by atomic mass is 16.2. The van der Waals surface area contributed by atoms with Crippen molar-refractivity contribution in [3.05, 3.63) is 84.7 Å². The second kappa shape index (κ2) is 8.52. The van der Waals surface area contributed by atoms with Gasteiger partial charge in [0, 0.05) is 31.9 Å². The number of anilines is 1. The molecule has 6 heteroatoms. The van der Waals surface area contributed by atoms with Crippen LogP contribution in [0.2, 0.25) is 0 Å². The number of rotatable bonds is 7. The third-order valence-corrected chi connectivity index (χ3v) is 4.79. The Balaban J connectivity index is 1.43. The van der Waals surface area contributed by atoms with Crippen LogP contribution in [-0.4, -0.2) is 27.9 Å². The monoisotopic (exact) mass is 373 g/mol. The molecule has 1 unspecified atom stereocenters. The summed E-state index contributed by atoms with van der Waals surface area (Å²) in [6.07, 6.45) is 5.09. The summed E-state index contributed by atoms with van der Waals surface area (Å²) in [6, 6.07) is 22.1. The average Bonchev–Trinajstić information content (AvgIpc) is 3.42. The van der Waals surface area contributed by atoms with Crippen LogP contribution in [0.4, 0.5) is 5.69 Å². The zero-order chi connectivity index (χ0) is 19.2. The first kappa shape index (κ1) is 18.0. The number of carbonyl (C=O) groups is 1. The summed E-state index contributed by atoms with van der Waals surface area (Å²) in [5, 5.41) is 13.8. The van der Waals surface area contributed by atoms with E-state index < -0.39 is 0 Å². The van der Waals surface area contributed by atoms with Crippen LogP contribution < -0.4 is 10.3 Å². The molecule has 2 heterocycles. The topological polar surface area (TPSA) is 62.5 Å². The van der Waals surface area contributed by atoms with Gasteiger partial charge in [0.2, 0.25) is 0 Å². The highest BCUT2D eigenvalue weighted by Crippen LogP contribution is 2.34. The molecule has 0 spiro atoms. The van der Waals surface area contributed by atoms with E-state index in [0.29, 0.717) is 18.7 Å². The molecule has 1 aromatic heterocycles. The summed E-state index contributed by atoms with van der Waals surface area (Å²) < 4.78 is 1.86. The molecule has 0 bridgehead atoms. The van der Waals surface area contributed by atoms with Crippen LogP contribution in [0.1, 0.15) is 24.4 Å². The second-order valence-corrected chi connectivity index (χ2v) is 6.74. The third kappa shape index (κ3) is 4.11. The van der Waals surface area contributed by atoms with Crippen LogP contribution in [0.5, 0.6) is 0 Å². The minimum absolute atomic E-state index is 0.0217. The number of aryl methyl sites for hydroxylation is 1. The quantitative estimate of drug-likeness (QED) is 0.646.